The molecular formula is C26H41NO10. The Balaban J connectivity index is 3.25. The molecule has 37 heavy (non-hydrogen) atoms. The molecule has 1 rings (SSSR count). The summed E-state index contributed by atoms with van der Waals surface area (Å²) in [6, 6.07) is 2.20. The Bertz CT molecular complexity index is 866. The Hall–Kier alpha value is -3.05. The van der Waals surface area contributed by atoms with E-state index in [4.69, 9.17) is 38.9 Å². The summed E-state index contributed by atoms with van der Waals surface area (Å²) in [6.45, 7) is 8.24. The van der Waals surface area contributed by atoms with Crippen LogP contribution in [-0.4, -0.2) is 76.3 Å². The molecule has 0 radical (unpaired) electrons. The number of ether oxygens (including phenoxy) is 7. The van der Waals surface area contributed by atoms with E-state index in [2.05, 4.69) is 0 Å². The van der Waals surface area contributed by atoms with Crippen molar-refractivity contribution in [2.75, 3.05) is 41.2 Å². The van der Waals surface area contributed by atoms with Gasteiger partial charge in [-0.1, -0.05) is 0 Å². The van der Waals surface area contributed by atoms with E-state index in [0.29, 0.717) is 17.2 Å². The number of nitrogens with two attached hydrogens (primary N) is 1. The molecule has 11 heteroatoms. The van der Waals surface area contributed by atoms with Gasteiger partial charge in [0.05, 0.1) is 47.2 Å². The predicted octanol–water partition coefficient (Wildman–Crippen LogP) is 2.59. The van der Waals surface area contributed by atoms with E-state index in [-0.39, 0.29) is 39.1 Å². The van der Waals surface area contributed by atoms with Crippen LogP contribution in [0.2, 0.25) is 0 Å². The average molecular weight is 528 g/mol. The number of esters is 3. The third-order valence-electron chi connectivity index (χ3n) is 5.20. The van der Waals surface area contributed by atoms with Gasteiger partial charge in [0.1, 0.15) is 5.60 Å². The molecule has 11 nitrogen and oxygen atoms in total. The zero-order chi connectivity index (χ0) is 28.2. The van der Waals surface area contributed by atoms with E-state index in [0.717, 1.165) is 5.56 Å². The van der Waals surface area contributed by atoms with Crippen LogP contribution in [0, 0.1) is 0 Å². The van der Waals surface area contributed by atoms with Crippen molar-refractivity contribution in [3.63, 3.8) is 0 Å². The summed E-state index contributed by atoms with van der Waals surface area (Å²) in [7, 11) is 4.48. The molecule has 0 aromatic heterocycles. The van der Waals surface area contributed by atoms with Crippen molar-refractivity contribution in [1.82, 2.24) is 0 Å². The van der Waals surface area contributed by atoms with Crippen LogP contribution >= 0.6 is 0 Å². The van der Waals surface area contributed by atoms with Gasteiger partial charge < -0.3 is 38.9 Å². The van der Waals surface area contributed by atoms with Gasteiger partial charge in [0, 0.05) is 6.42 Å². The van der Waals surface area contributed by atoms with E-state index in [9.17, 15) is 14.4 Å². The maximum Gasteiger partial charge on any atom is 0.352 e. The van der Waals surface area contributed by atoms with Gasteiger partial charge in [-0.2, -0.15) is 0 Å². The highest BCUT2D eigenvalue weighted by Crippen LogP contribution is 2.38. The second-order valence-electron chi connectivity index (χ2n) is 9.04. The number of rotatable bonds is 15. The van der Waals surface area contributed by atoms with Crippen LogP contribution in [0.4, 0.5) is 0 Å². The Kier molecular flexibility index (Phi) is 12.6. The number of methoxy groups -OCH3 is 3. The van der Waals surface area contributed by atoms with Gasteiger partial charge in [-0.25, -0.2) is 9.59 Å². The molecule has 210 valence electrons. The number of carbonyl (C=O) groups excluding carboxylic acids is 3. The molecule has 0 spiro atoms. The third-order valence-corrected chi connectivity index (χ3v) is 5.20. The average Bonchev–Trinajstić information content (AvgIpc) is 2.83. The van der Waals surface area contributed by atoms with E-state index in [1.54, 1.807) is 46.8 Å². The Morgan fingerprint density at radius 1 is 0.892 bits per heavy atom. The Labute approximate surface area is 218 Å². The van der Waals surface area contributed by atoms with Crippen LogP contribution in [0.15, 0.2) is 12.1 Å². The van der Waals surface area contributed by atoms with Crippen molar-refractivity contribution >= 4 is 17.9 Å². The fraction of sp³-hybridized carbons (Fsp3) is 0.654. The van der Waals surface area contributed by atoms with E-state index in [1.807, 2.05) is 0 Å². The van der Waals surface area contributed by atoms with Crippen LogP contribution in [-0.2, 0) is 39.8 Å². The molecule has 0 saturated carbocycles. The summed E-state index contributed by atoms with van der Waals surface area (Å²) in [5, 5.41) is 0. The lowest BCUT2D eigenvalue weighted by Gasteiger charge is -2.34. The lowest BCUT2D eigenvalue weighted by molar-refractivity contribution is -0.195. The zero-order valence-corrected chi connectivity index (χ0v) is 23.1. The van der Waals surface area contributed by atoms with Crippen molar-refractivity contribution in [2.45, 2.75) is 71.1 Å². The van der Waals surface area contributed by atoms with Crippen LogP contribution in [0.3, 0.4) is 0 Å². The predicted molar refractivity (Wildman–Crippen MR) is 135 cm³/mol. The molecule has 0 saturated heterocycles. The first kappa shape index (κ1) is 32.0. The van der Waals surface area contributed by atoms with Crippen LogP contribution in [0.5, 0.6) is 17.2 Å². The molecule has 0 amide bonds. The maximum atomic E-state index is 13.1. The second-order valence-corrected chi connectivity index (χ2v) is 9.04. The third kappa shape index (κ3) is 8.78. The van der Waals surface area contributed by atoms with Gasteiger partial charge in [0.25, 0.3) is 5.60 Å². The lowest BCUT2D eigenvalue weighted by Crippen LogP contribution is -2.63. The molecule has 1 aromatic carbocycles. The van der Waals surface area contributed by atoms with Crippen LogP contribution < -0.4 is 19.9 Å². The monoisotopic (exact) mass is 527 g/mol. The molecule has 1 atom stereocenters. The summed E-state index contributed by atoms with van der Waals surface area (Å²) in [5.74, 6) is -1.21. The fourth-order valence-electron chi connectivity index (χ4n) is 3.57. The molecular weight excluding hydrogens is 486 g/mol. The lowest BCUT2D eigenvalue weighted by atomic mass is 9.90. The first-order valence-corrected chi connectivity index (χ1v) is 12.1. The Morgan fingerprint density at radius 2 is 1.41 bits per heavy atom. The molecule has 2 N–H and O–H groups in total. The summed E-state index contributed by atoms with van der Waals surface area (Å²) in [6.07, 6.45) is 0.0159. The van der Waals surface area contributed by atoms with E-state index < -0.39 is 35.2 Å². The van der Waals surface area contributed by atoms with E-state index in [1.165, 1.54) is 21.3 Å². The van der Waals surface area contributed by atoms with Gasteiger partial charge in [-0.05, 0) is 65.2 Å². The highest BCUT2D eigenvalue weighted by molar-refractivity contribution is 6.04. The van der Waals surface area contributed by atoms with E-state index >= 15 is 0 Å². The molecule has 0 aliphatic carbocycles. The first-order valence-electron chi connectivity index (χ1n) is 12.1. The minimum Gasteiger partial charge on any atom is -0.493 e. The second kappa shape index (κ2) is 14.6. The highest BCUT2D eigenvalue weighted by Gasteiger charge is 2.55. The molecule has 0 aliphatic rings. The van der Waals surface area contributed by atoms with Gasteiger partial charge in [0.15, 0.2) is 11.5 Å². The minimum atomic E-state index is -2.28. The van der Waals surface area contributed by atoms with Crippen molar-refractivity contribution in [3.8, 4) is 17.2 Å². The normalized spacial score (nSPS) is 12.4. The standard InChI is InChI=1S/C26H41NO10/c1-9-34-23(29)26(24(30)35-10-2,20(27)11-12-21(28)37-25(3,4)5)36-14-13-17-15-18(31-6)22(33-8)19(16-17)32-7/h15-16,20H,9-14,27H2,1-8H3. The molecule has 0 fully saturated rings. The topological polar surface area (TPSA) is 142 Å². The molecule has 0 aliphatic heterocycles. The van der Waals surface area contributed by atoms with Gasteiger partial charge in [-0.3, -0.25) is 4.79 Å². The first-order chi connectivity index (χ1) is 17.4. The van der Waals surface area contributed by atoms with Crippen molar-refractivity contribution in [1.29, 1.82) is 0 Å². The molecule has 1 unspecified atom stereocenters. The van der Waals surface area contributed by atoms with Crippen molar-refractivity contribution in [3.05, 3.63) is 17.7 Å². The molecule has 0 heterocycles. The minimum absolute atomic E-state index is 0.0188. The summed E-state index contributed by atoms with van der Waals surface area (Å²) >= 11 is 0. The number of carbonyl (C=O) groups is 3. The van der Waals surface area contributed by atoms with Crippen LogP contribution in [0.1, 0.15) is 53.0 Å². The summed E-state index contributed by atoms with van der Waals surface area (Å²) in [4.78, 5) is 38.5. The SMILES string of the molecule is CCOC(=O)C(OCCc1cc(OC)c(OC)c(OC)c1)(C(=O)OCC)C(N)CCC(=O)OC(C)(C)C. The van der Waals surface area contributed by atoms with Crippen molar-refractivity contribution in [2.24, 2.45) is 5.73 Å². The smallest absolute Gasteiger partial charge is 0.352 e. The van der Waals surface area contributed by atoms with Crippen molar-refractivity contribution < 1.29 is 47.5 Å². The summed E-state index contributed by atoms with van der Waals surface area (Å²) in [5.41, 5.74) is 4.09. The van der Waals surface area contributed by atoms with Crippen LogP contribution in [0.25, 0.3) is 0 Å². The van der Waals surface area contributed by atoms with Gasteiger partial charge in [-0.15, -0.1) is 0 Å². The van der Waals surface area contributed by atoms with Gasteiger partial charge in [0.2, 0.25) is 5.75 Å². The quantitative estimate of drug-likeness (QED) is 0.204. The highest BCUT2D eigenvalue weighted by atomic mass is 16.6. The number of benzene rings is 1. The molecule has 1 aromatic rings. The maximum absolute atomic E-state index is 13.1. The fourth-order valence-corrected chi connectivity index (χ4v) is 3.57. The van der Waals surface area contributed by atoms with Gasteiger partial charge >= 0.3 is 17.9 Å². The largest absolute Gasteiger partial charge is 0.493 e. The number of hydrogen-bond donors (Lipinski definition) is 1. The molecule has 0 bridgehead atoms. The number of hydrogen-bond acceptors (Lipinski definition) is 11. The zero-order valence-electron chi connectivity index (χ0n) is 23.1. The Morgan fingerprint density at radius 3 is 1.81 bits per heavy atom. The summed E-state index contributed by atoms with van der Waals surface area (Å²) < 4.78 is 37.7.